The largest absolute Gasteiger partial charge is 0.507 e. The molecule has 7 aromatic carbocycles. The average molecular weight is 1080 g/mol. The number of nitrogens with zero attached hydrogens (tertiary/aromatic N) is 5. The first-order valence-electron chi connectivity index (χ1n) is 22.7. The third-order valence-corrected chi connectivity index (χ3v) is 11.8. The number of phenols is 1. The summed E-state index contributed by atoms with van der Waals surface area (Å²) in [5.74, 6) is 0.368. The first-order chi connectivity index (χ1) is 33.2. The minimum absolute atomic E-state index is 0. The number of pyridine rings is 1. The molecule has 1 radical (unpaired) electrons. The molecule has 0 saturated heterocycles. The van der Waals surface area contributed by atoms with Gasteiger partial charge in [0.05, 0.1) is 5.69 Å². The number of halogens is 1. The second-order valence-electron chi connectivity index (χ2n) is 17.1. The fourth-order valence-corrected chi connectivity index (χ4v) is 8.31. The smallest absolute Gasteiger partial charge is 0.124 e. The Labute approximate surface area is 417 Å². The van der Waals surface area contributed by atoms with Crippen LogP contribution in [0.2, 0.25) is 0 Å². The van der Waals surface area contributed by atoms with Gasteiger partial charge in [0.25, 0.3) is 0 Å². The Morgan fingerprint density at radius 3 is 1.46 bits per heavy atom. The number of aromatic nitrogens is 5. The molecule has 0 aliphatic carbocycles. The maximum atomic E-state index is 13.7. The van der Waals surface area contributed by atoms with E-state index in [4.69, 9.17) is 4.98 Å². The van der Waals surface area contributed by atoms with E-state index >= 15 is 0 Å². The van der Waals surface area contributed by atoms with E-state index in [1.807, 2.05) is 24.3 Å². The van der Waals surface area contributed by atoms with Crippen LogP contribution < -0.4 is 0 Å². The average Bonchev–Trinajstić information content (AvgIpc) is 3.39. The summed E-state index contributed by atoms with van der Waals surface area (Å²) in [6, 6.07) is 60.4. The summed E-state index contributed by atoms with van der Waals surface area (Å²) < 4.78 is 13.7. The normalized spacial score (nSPS) is 10.9. The molecule has 0 amide bonds. The summed E-state index contributed by atoms with van der Waals surface area (Å²) >= 11 is 0. The van der Waals surface area contributed by atoms with Crippen LogP contribution in [0, 0.1) is 17.9 Å². The summed E-state index contributed by atoms with van der Waals surface area (Å²) in [6.07, 6.45) is 10.2. The molecule has 0 spiro atoms. The van der Waals surface area contributed by atoms with E-state index in [2.05, 4.69) is 169 Å². The van der Waals surface area contributed by atoms with E-state index in [-0.39, 0.29) is 43.5 Å². The van der Waals surface area contributed by atoms with Gasteiger partial charge in [-0.25, -0.2) is 0 Å². The van der Waals surface area contributed by atoms with Gasteiger partial charge in [-0.05, 0) is 85.8 Å². The molecule has 3 aromatic heterocycles. The monoisotopic (exact) mass is 1080 g/mol. The summed E-state index contributed by atoms with van der Waals surface area (Å²) in [6.45, 7) is 8.88. The van der Waals surface area contributed by atoms with Gasteiger partial charge in [0.2, 0.25) is 0 Å². The molecule has 69 heavy (non-hydrogen) atoms. The zero-order valence-electron chi connectivity index (χ0n) is 38.6. The predicted molar refractivity (Wildman–Crippen MR) is 273 cm³/mol. The first-order valence-corrected chi connectivity index (χ1v) is 22.7. The van der Waals surface area contributed by atoms with Crippen molar-refractivity contribution < 1.29 is 29.6 Å². The minimum Gasteiger partial charge on any atom is -0.507 e. The molecule has 10 rings (SSSR count). The number of hydrogen-bond acceptors (Lipinski definition) is 6. The van der Waals surface area contributed by atoms with Crippen LogP contribution in [0.1, 0.15) is 50.7 Å². The van der Waals surface area contributed by atoms with Crippen molar-refractivity contribution in [3.8, 4) is 95.3 Å². The molecule has 0 unspecified atom stereocenters. The molecule has 1 N–H and O–H groups in total. The molecule has 6 nitrogen and oxygen atoms in total. The Hall–Kier alpha value is -7.77. The molecular weight excluding hydrogens is 1030 g/mol. The molecule has 0 fully saturated rings. The van der Waals surface area contributed by atoms with Crippen LogP contribution in [0.15, 0.2) is 201 Å². The minimum atomic E-state index is -0.341. The molecule has 0 aliphatic rings. The van der Waals surface area contributed by atoms with Crippen molar-refractivity contribution in [2.75, 3.05) is 0 Å². The van der Waals surface area contributed by atoms with Crippen LogP contribution in [0.3, 0.4) is 0 Å². The Balaban J connectivity index is 0.000000188. The topological polar surface area (TPSA) is 84.7 Å². The van der Waals surface area contributed by atoms with Gasteiger partial charge < -0.3 is 5.11 Å². The Bertz CT molecular complexity index is 3190. The van der Waals surface area contributed by atoms with Crippen LogP contribution in [0.5, 0.6) is 5.75 Å². The van der Waals surface area contributed by atoms with Gasteiger partial charge in [0, 0.05) is 80.1 Å². The van der Waals surface area contributed by atoms with Gasteiger partial charge in [-0.2, -0.15) is 0 Å². The van der Waals surface area contributed by atoms with Crippen molar-refractivity contribution in [3.05, 3.63) is 230 Å². The molecule has 0 saturated carbocycles. The second-order valence-corrected chi connectivity index (χ2v) is 17.1. The number of benzene rings is 7. The van der Waals surface area contributed by atoms with Crippen molar-refractivity contribution in [3.63, 3.8) is 0 Å². The maximum absolute atomic E-state index is 13.7. The number of phenolic OH excluding ortho intramolecular Hbond substituents is 1. The van der Waals surface area contributed by atoms with Crippen LogP contribution in [0.25, 0.3) is 89.5 Å². The fourth-order valence-electron chi connectivity index (χ4n) is 8.31. The summed E-state index contributed by atoms with van der Waals surface area (Å²) in [5.41, 5.74) is 17.6. The third-order valence-electron chi connectivity index (χ3n) is 11.8. The van der Waals surface area contributed by atoms with Gasteiger partial charge in [0.1, 0.15) is 5.75 Å². The van der Waals surface area contributed by atoms with E-state index in [0.717, 1.165) is 39.2 Å². The standard InChI is InChI=1S/C35H31FNO.C26H17N4.Ir/c1-22(2)30-18-26(24-10-6-5-7-11-24)19-31(23(3)4)35(30)27-20-32(25-14-16-28(36)17-15-25)37-33(21-27)29-12-8-9-13-34(29)38;1-2-4-19(5-3-1)20-6-8-21(9-7-20)22-14-23(25-17-27-10-12-29-25)16-24(15-22)26-18-28-11-13-30-26;/h5-14,16-23,38H,1-4H3;1-15,17-18H;/q2*-1;. The van der Waals surface area contributed by atoms with E-state index in [1.54, 1.807) is 55.4 Å². The van der Waals surface area contributed by atoms with E-state index < -0.39 is 0 Å². The first kappa shape index (κ1) is 47.7. The van der Waals surface area contributed by atoms with Crippen LogP contribution >= 0.6 is 0 Å². The molecule has 10 aromatic rings. The van der Waals surface area contributed by atoms with Crippen LogP contribution in [-0.4, -0.2) is 30.0 Å². The second kappa shape index (κ2) is 21.9. The Morgan fingerprint density at radius 2 is 0.957 bits per heavy atom. The third kappa shape index (κ3) is 11.2. The molecule has 0 bridgehead atoms. The predicted octanol–water partition coefficient (Wildman–Crippen LogP) is 15.4. The van der Waals surface area contributed by atoms with Gasteiger partial charge in [-0.15, -0.1) is 48.0 Å². The zero-order chi connectivity index (χ0) is 47.0. The fraction of sp³-hybridized carbons (Fsp3) is 0.0984. The zero-order valence-corrected chi connectivity index (χ0v) is 41.0. The van der Waals surface area contributed by atoms with Gasteiger partial charge in [-0.3, -0.25) is 29.3 Å². The summed E-state index contributed by atoms with van der Waals surface area (Å²) in [4.78, 5) is 22.2. The van der Waals surface area contributed by atoms with E-state index in [1.165, 1.54) is 51.1 Å². The SMILES string of the molecule is CC(C)c1cc(-c2ccccc2)cc(C(C)C)c1-c1cc(-c2[c-]cc(F)cc2)nc(-c2ccccc2O)c1.[Ir].[c-]1c(-c2cnccn2)cc(-c2ccc(-c3ccccc3)cc2)cc1-c1cnccn1. The van der Waals surface area contributed by atoms with Crippen molar-refractivity contribution in [2.45, 2.75) is 39.5 Å². The number of para-hydroxylation sites is 1. The summed E-state index contributed by atoms with van der Waals surface area (Å²) in [5, 5.41) is 10.7. The molecule has 0 atom stereocenters. The van der Waals surface area contributed by atoms with Crippen molar-refractivity contribution in [2.24, 2.45) is 0 Å². The number of rotatable bonds is 10. The molecule has 341 valence electrons. The van der Waals surface area contributed by atoms with Crippen LogP contribution in [0.4, 0.5) is 4.39 Å². The Kier molecular flexibility index (Phi) is 15.1. The maximum Gasteiger partial charge on any atom is 0.124 e. The molecule has 0 aliphatic heterocycles. The molecule has 8 heteroatoms. The van der Waals surface area contributed by atoms with E-state index in [0.29, 0.717) is 22.5 Å². The molecule has 3 heterocycles. The summed E-state index contributed by atoms with van der Waals surface area (Å²) in [7, 11) is 0. The van der Waals surface area contributed by atoms with Gasteiger partial charge in [0.15, 0.2) is 0 Å². The van der Waals surface area contributed by atoms with Crippen LogP contribution in [-0.2, 0) is 20.1 Å². The number of hydrogen-bond donors (Lipinski definition) is 1. The van der Waals surface area contributed by atoms with Crippen molar-refractivity contribution in [1.29, 1.82) is 0 Å². The Morgan fingerprint density at radius 1 is 0.464 bits per heavy atom. The van der Waals surface area contributed by atoms with Crippen molar-refractivity contribution >= 4 is 0 Å². The molecular formula is C61H48FIrN5O-2. The van der Waals surface area contributed by atoms with Gasteiger partial charge in [-0.1, -0.05) is 160 Å². The number of aromatic hydroxyl groups is 1. The van der Waals surface area contributed by atoms with E-state index in [9.17, 15) is 9.50 Å². The van der Waals surface area contributed by atoms with Crippen molar-refractivity contribution in [1.82, 2.24) is 24.9 Å². The van der Waals surface area contributed by atoms with Gasteiger partial charge >= 0.3 is 0 Å². The quantitative estimate of drug-likeness (QED) is 0.137.